The van der Waals surface area contributed by atoms with Crippen molar-refractivity contribution in [2.24, 2.45) is 0 Å². The number of aryl methyl sites for hydroxylation is 1. The Kier molecular flexibility index (Phi) is 11.3. The molecule has 1 aromatic carbocycles. The van der Waals surface area contributed by atoms with Gasteiger partial charge >= 0.3 is 0 Å². The molecule has 1 amide bonds. The summed E-state index contributed by atoms with van der Waals surface area (Å²) in [5, 5.41) is 2.97. The molecule has 0 saturated heterocycles. The minimum atomic E-state index is -0.0535. The van der Waals surface area contributed by atoms with Crippen molar-refractivity contribution in [1.29, 1.82) is 0 Å². The average Bonchev–Trinajstić information content (AvgIpc) is 2.36. The van der Waals surface area contributed by atoms with Crippen molar-refractivity contribution in [3.05, 3.63) is 29.3 Å². The van der Waals surface area contributed by atoms with E-state index in [9.17, 15) is 4.79 Å². The monoisotopic (exact) mass is 349 g/mol. The number of anilines is 1. The van der Waals surface area contributed by atoms with Crippen LogP contribution in [-0.2, 0) is 0 Å². The molecule has 0 bridgehead atoms. The molecular weight excluding hydrogens is 321 g/mol. The SMILES string of the molecule is Cc1ccc(N)cc1C(=O)NCCN(C(C)C)C(C)C.Cl.Cl. The highest BCUT2D eigenvalue weighted by Crippen LogP contribution is 2.12. The van der Waals surface area contributed by atoms with Gasteiger partial charge in [-0.3, -0.25) is 9.69 Å². The van der Waals surface area contributed by atoms with Crippen LogP contribution in [0.1, 0.15) is 43.6 Å². The summed E-state index contributed by atoms with van der Waals surface area (Å²) in [7, 11) is 0. The van der Waals surface area contributed by atoms with Crippen LogP contribution < -0.4 is 11.1 Å². The molecule has 0 unspecified atom stereocenters. The van der Waals surface area contributed by atoms with E-state index >= 15 is 0 Å². The van der Waals surface area contributed by atoms with Crippen LogP contribution in [-0.4, -0.2) is 36.0 Å². The molecule has 0 spiro atoms. The quantitative estimate of drug-likeness (QED) is 0.774. The number of hydrogen-bond acceptors (Lipinski definition) is 3. The van der Waals surface area contributed by atoms with Gasteiger partial charge in [0.15, 0.2) is 0 Å². The zero-order valence-electron chi connectivity index (χ0n) is 14.1. The van der Waals surface area contributed by atoms with E-state index in [2.05, 4.69) is 37.9 Å². The van der Waals surface area contributed by atoms with Crippen LogP contribution in [0.5, 0.6) is 0 Å². The van der Waals surface area contributed by atoms with Crippen LogP contribution in [0.4, 0.5) is 5.69 Å². The van der Waals surface area contributed by atoms with Gasteiger partial charge in [0.2, 0.25) is 0 Å². The summed E-state index contributed by atoms with van der Waals surface area (Å²) in [6, 6.07) is 6.36. The lowest BCUT2D eigenvalue weighted by atomic mass is 10.1. The van der Waals surface area contributed by atoms with Gasteiger partial charge in [-0.1, -0.05) is 6.07 Å². The van der Waals surface area contributed by atoms with Crippen molar-refractivity contribution in [1.82, 2.24) is 10.2 Å². The summed E-state index contributed by atoms with van der Waals surface area (Å²) in [5.74, 6) is -0.0535. The highest BCUT2D eigenvalue weighted by Gasteiger charge is 2.14. The molecule has 0 aliphatic heterocycles. The minimum Gasteiger partial charge on any atom is -0.399 e. The van der Waals surface area contributed by atoms with Crippen LogP contribution in [0.2, 0.25) is 0 Å². The van der Waals surface area contributed by atoms with Crippen molar-refractivity contribution in [2.45, 2.75) is 46.7 Å². The standard InChI is InChI=1S/C16H27N3O.2ClH/c1-11(2)19(12(3)4)9-8-18-16(20)15-10-14(17)7-6-13(15)5;;/h6-7,10-12H,8-9,17H2,1-5H3,(H,18,20);2*1H. The van der Waals surface area contributed by atoms with Gasteiger partial charge in [0.25, 0.3) is 5.91 Å². The molecular formula is C16H29Cl2N3O. The second-order valence-corrected chi connectivity index (χ2v) is 5.76. The second-order valence-electron chi connectivity index (χ2n) is 5.76. The van der Waals surface area contributed by atoms with Crippen LogP contribution in [0.3, 0.4) is 0 Å². The van der Waals surface area contributed by atoms with Crippen LogP contribution in [0.25, 0.3) is 0 Å². The first-order valence-corrected chi connectivity index (χ1v) is 7.23. The van der Waals surface area contributed by atoms with Gasteiger partial charge in [0, 0.05) is 36.4 Å². The number of nitrogen functional groups attached to an aromatic ring is 1. The van der Waals surface area contributed by atoms with E-state index in [4.69, 9.17) is 5.73 Å². The van der Waals surface area contributed by atoms with Gasteiger partial charge in [-0.05, 0) is 52.3 Å². The predicted octanol–water partition coefficient (Wildman–Crippen LogP) is 3.27. The lowest BCUT2D eigenvalue weighted by Crippen LogP contribution is -2.42. The number of halogens is 2. The molecule has 22 heavy (non-hydrogen) atoms. The number of nitrogens with zero attached hydrogens (tertiary/aromatic N) is 1. The molecule has 0 fully saturated rings. The molecule has 0 saturated carbocycles. The molecule has 128 valence electrons. The third kappa shape index (κ3) is 6.86. The molecule has 0 aromatic heterocycles. The molecule has 0 aliphatic carbocycles. The smallest absolute Gasteiger partial charge is 0.251 e. The van der Waals surface area contributed by atoms with E-state index in [0.29, 0.717) is 29.9 Å². The van der Waals surface area contributed by atoms with Crippen molar-refractivity contribution in [3.8, 4) is 0 Å². The first-order chi connectivity index (χ1) is 9.32. The van der Waals surface area contributed by atoms with Crippen molar-refractivity contribution in [3.63, 3.8) is 0 Å². The molecule has 0 aliphatic rings. The van der Waals surface area contributed by atoms with Crippen molar-refractivity contribution >= 4 is 36.4 Å². The molecule has 1 aromatic rings. The summed E-state index contributed by atoms with van der Waals surface area (Å²) in [6.07, 6.45) is 0. The van der Waals surface area contributed by atoms with Gasteiger partial charge in [0.1, 0.15) is 0 Å². The zero-order chi connectivity index (χ0) is 15.3. The largest absolute Gasteiger partial charge is 0.399 e. The highest BCUT2D eigenvalue weighted by atomic mass is 35.5. The molecule has 0 radical (unpaired) electrons. The molecule has 6 heteroatoms. The third-order valence-electron chi connectivity index (χ3n) is 3.49. The second kappa shape index (κ2) is 10.7. The van der Waals surface area contributed by atoms with Crippen molar-refractivity contribution < 1.29 is 4.79 Å². The first-order valence-electron chi connectivity index (χ1n) is 7.23. The molecule has 3 N–H and O–H groups in total. The molecule has 0 heterocycles. The minimum absolute atomic E-state index is 0. The Morgan fingerprint density at radius 1 is 1.18 bits per heavy atom. The van der Waals surface area contributed by atoms with E-state index in [1.54, 1.807) is 6.07 Å². The number of carbonyl (C=O) groups is 1. The van der Waals surface area contributed by atoms with Gasteiger partial charge < -0.3 is 11.1 Å². The van der Waals surface area contributed by atoms with E-state index in [1.807, 2.05) is 19.1 Å². The number of nitrogens with two attached hydrogens (primary N) is 1. The first kappa shape index (κ1) is 23.3. The zero-order valence-corrected chi connectivity index (χ0v) is 15.7. The predicted molar refractivity (Wildman–Crippen MR) is 99.4 cm³/mol. The fourth-order valence-electron chi connectivity index (χ4n) is 2.39. The average molecular weight is 350 g/mol. The number of carbonyl (C=O) groups excluding carboxylic acids is 1. The maximum atomic E-state index is 12.2. The number of nitrogens with one attached hydrogen (secondary N) is 1. The van der Waals surface area contributed by atoms with Gasteiger partial charge in [-0.25, -0.2) is 0 Å². The van der Waals surface area contributed by atoms with Gasteiger partial charge in [-0.2, -0.15) is 0 Å². The van der Waals surface area contributed by atoms with Crippen LogP contribution in [0.15, 0.2) is 18.2 Å². The Hall–Kier alpha value is -0.970. The van der Waals surface area contributed by atoms with Crippen LogP contribution >= 0.6 is 24.8 Å². The fraction of sp³-hybridized carbons (Fsp3) is 0.562. The lowest BCUT2D eigenvalue weighted by Gasteiger charge is -2.30. The summed E-state index contributed by atoms with van der Waals surface area (Å²) < 4.78 is 0. The fourth-order valence-corrected chi connectivity index (χ4v) is 2.39. The topological polar surface area (TPSA) is 58.4 Å². The maximum absolute atomic E-state index is 12.2. The Labute approximate surface area is 146 Å². The van der Waals surface area contributed by atoms with E-state index in [1.165, 1.54) is 0 Å². The Bertz CT molecular complexity index is 457. The van der Waals surface area contributed by atoms with E-state index in [-0.39, 0.29) is 30.7 Å². The Morgan fingerprint density at radius 3 is 2.23 bits per heavy atom. The third-order valence-corrected chi connectivity index (χ3v) is 3.49. The molecule has 1 rings (SSSR count). The highest BCUT2D eigenvalue weighted by molar-refractivity contribution is 5.96. The summed E-state index contributed by atoms with van der Waals surface area (Å²) in [5.41, 5.74) is 7.95. The Morgan fingerprint density at radius 2 is 1.73 bits per heavy atom. The van der Waals surface area contributed by atoms with Gasteiger partial charge in [-0.15, -0.1) is 24.8 Å². The molecule has 4 nitrogen and oxygen atoms in total. The normalized spacial score (nSPS) is 10.4. The van der Waals surface area contributed by atoms with Crippen molar-refractivity contribution in [2.75, 3.05) is 18.8 Å². The van der Waals surface area contributed by atoms with Crippen LogP contribution in [0, 0.1) is 6.92 Å². The van der Waals surface area contributed by atoms with E-state index in [0.717, 1.165) is 12.1 Å². The lowest BCUT2D eigenvalue weighted by molar-refractivity contribution is 0.0939. The molecule has 0 atom stereocenters. The maximum Gasteiger partial charge on any atom is 0.251 e. The van der Waals surface area contributed by atoms with E-state index < -0.39 is 0 Å². The number of amides is 1. The summed E-state index contributed by atoms with van der Waals surface area (Å²) in [4.78, 5) is 14.5. The Balaban J connectivity index is 0. The van der Waals surface area contributed by atoms with Gasteiger partial charge in [0.05, 0.1) is 0 Å². The number of hydrogen-bond donors (Lipinski definition) is 2. The number of rotatable bonds is 6. The summed E-state index contributed by atoms with van der Waals surface area (Å²) in [6.45, 7) is 12.1. The number of benzene rings is 1. The summed E-state index contributed by atoms with van der Waals surface area (Å²) >= 11 is 0.